The summed E-state index contributed by atoms with van der Waals surface area (Å²) in [6, 6.07) is 3.90. The summed E-state index contributed by atoms with van der Waals surface area (Å²) in [5.41, 5.74) is 1.84. The summed E-state index contributed by atoms with van der Waals surface area (Å²) in [5, 5.41) is 3.14. The third kappa shape index (κ3) is 2.64. The second kappa shape index (κ2) is 5.68. The maximum absolute atomic E-state index is 11.7. The molecule has 0 spiro atoms. The molecule has 1 aliphatic carbocycles. The van der Waals surface area contributed by atoms with Gasteiger partial charge in [-0.05, 0) is 25.0 Å². The smallest absolute Gasteiger partial charge is 0.296 e. The van der Waals surface area contributed by atoms with E-state index in [-0.39, 0.29) is 0 Å². The number of nitrogens with one attached hydrogen (secondary N) is 1. The lowest BCUT2D eigenvalue weighted by molar-refractivity contribution is -0.112. The fourth-order valence-corrected chi connectivity index (χ4v) is 3.56. The van der Waals surface area contributed by atoms with Crippen molar-refractivity contribution in [3.63, 3.8) is 0 Å². The van der Waals surface area contributed by atoms with Gasteiger partial charge in [-0.25, -0.2) is 0 Å². The van der Waals surface area contributed by atoms with Crippen LogP contribution in [0.25, 0.3) is 0 Å². The first-order chi connectivity index (χ1) is 10.1. The molecular weight excluding hydrogens is 288 g/mol. The average molecular weight is 307 g/mol. The van der Waals surface area contributed by atoms with E-state index < -0.39 is 11.7 Å². The van der Waals surface area contributed by atoms with Gasteiger partial charge in [0.15, 0.2) is 0 Å². The summed E-state index contributed by atoms with van der Waals surface area (Å²) in [5.74, 6) is -1.08. The predicted molar refractivity (Wildman–Crippen MR) is 84.3 cm³/mol. The molecule has 21 heavy (non-hydrogen) atoms. The van der Waals surface area contributed by atoms with Crippen LogP contribution < -0.4 is 10.2 Å². The molecule has 1 aliphatic heterocycles. The highest BCUT2D eigenvalue weighted by atomic mass is 35.5. The second-order valence-electron chi connectivity index (χ2n) is 5.89. The van der Waals surface area contributed by atoms with E-state index in [0.29, 0.717) is 22.3 Å². The lowest BCUT2D eigenvalue weighted by Gasteiger charge is -2.30. The number of halogens is 1. The minimum atomic E-state index is -0.574. The molecule has 1 saturated carbocycles. The van der Waals surface area contributed by atoms with Gasteiger partial charge >= 0.3 is 0 Å². The van der Waals surface area contributed by atoms with Crippen molar-refractivity contribution in [2.24, 2.45) is 0 Å². The zero-order valence-electron chi connectivity index (χ0n) is 12.1. The number of anilines is 2. The zero-order chi connectivity index (χ0) is 15.0. The van der Waals surface area contributed by atoms with E-state index in [2.05, 4.69) is 10.2 Å². The maximum Gasteiger partial charge on any atom is 0.296 e. The lowest BCUT2D eigenvalue weighted by atomic mass is 10.1. The molecule has 1 aromatic carbocycles. The summed E-state index contributed by atoms with van der Waals surface area (Å²) < 4.78 is 0. The van der Waals surface area contributed by atoms with E-state index in [1.807, 2.05) is 13.1 Å². The first-order valence-corrected chi connectivity index (χ1v) is 7.88. The maximum atomic E-state index is 11.7. The van der Waals surface area contributed by atoms with Crippen LogP contribution in [0.4, 0.5) is 11.4 Å². The second-order valence-corrected chi connectivity index (χ2v) is 6.30. The summed E-state index contributed by atoms with van der Waals surface area (Å²) in [7, 11) is 2.04. The van der Waals surface area contributed by atoms with Gasteiger partial charge < -0.3 is 10.2 Å². The number of carbonyl (C=O) groups is 2. The van der Waals surface area contributed by atoms with Gasteiger partial charge in [-0.1, -0.05) is 37.3 Å². The van der Waals surface area contributed by atoms with E-state index in [9.17, 15) is 9.59 Å². The molecule has 0 radical (unpaired) electrons. The van der Waals surface area contributed by atoms with Crippen molar-refractivity contribution < 1.29 is 9.59 Å². The minimum Gasteiger partial charge on any atom is -0.370 e. The molecule has 2 aliphatic rings. The third-order valence-corrected chi connectivity index (χ3v) is 4.84. The van der Waals surface area contributed by atoms with Crippen LogP contribution in [0.15, 0.2) is 12.1 Å². The van der Waals surface area contributed by atoms with Crippen LogP contribution in [0, 0.1) is 0 Å². The van der Waals surface area contributed by atoms with Crippen molar-refractivity contribution in [2.45, 2.75) is 44.6 Å². The SMILES string of the molecule is CN(c1cc2c(cc1Cl)C(=O)C(=O)N2)C1CCCCCC1. The van der Waals surface area contributed by atoms with Crippen LogP contribution >= 0.6 is 11.6 Å². The summed E-state index contributed by atoms with van der Waals surface area (Å²) in [4.78, 5) is 25.3. The van der Waals surface area contributed by atoms with Gasteiger partial charge in [-0.15, -0.1) is 0 Å². The molecule has 1 aromatic rings. The van der Waals surface area contributed by atoms with Crippen LogP contribution in [-0.2, 0) is 4.79 Å². The molecule has 3 rings (SSSR count). The molecule has 4 nitrogen and oxygen atoms in total. The molecule has 112 valence electrons. The van der Waals surface area contributed by atoms with E-state index in [4.69, 9.17) is 11.6 Å². The Balaban J connectivity index is 1.90. The lowest BCUT2D eigenvalue weighted by Crippen LogP contribution is -2.31. The fraction of sp³-hybridized carbons (Fsp3) is 0.500. The van der Waals surface area contributed by atoms with E-state index in [1.165, 1.54) is 25.7 Å². The summed E-state index contributed by atoms with van der Waals surface area (Å²) in [6.07, 6.45) is 7.41. The van der Waals surface area contributed by atoms with Gasteiger partial charge in [0, 0.05) is 13.1 Å². The number of carbonyl (C=O) groups excluding carboxylic acids is 2. The van der Waals surface area contributed by atoms with Crippen molar-refractivity contribution >= 4 is 34.7 Å². The molecule has 1 fully saturated rings. The van der Waals surface area contributed by atoms with Crippen LogP contribution in [0.1, 0.15) is 48.9 Å². The Bertz CT molecular complexity index is 592. The highest BCUT2D eigenvalue weighted by Crippen LogP contribution is 2.36. The molecule has 1 N–H and O–H groups in total. The van der Waals surface area contributed by atoms with Gasteiger partial charge in [0.2, 0.25) is 0 Å². The minimum absolute atomic E-state index is 0.378. The number of Topliss-reactive ketones (excluding diaryl/α,β-unsaturated/α-hetero) is 1. The highest BCUT2D eigenvalue weighted by Gasteiger charge is 2.30. The molecule has 0 aromatic heterocycles. The Hall–Kier alpha value is -1.55. The number of rotatable bonds is 2. The monoisotopic (exact) mass is 306 g/mol. The van der Waals surface area contributed by atoms with Gasteiger partial charge in [-0.3, -0.25) is 9.59 Å². The van der Waals surface area contributed by atoms with Gasteiger partial charge in [0.05, 0.1) is 22.0 Å². The Labute approximate surface area is 129 Å². The molecule has 1 heterocycles. The van der Waals surface area contributed by atoms with Crippen molar-refractivity contribution in [3.05, 3.63) is 22.7 Å². The predicted octanol–water partition coefficient (Wildman–Crippen LogP) is 3.63. The molecule has 0 unspecified atom stereocenters. The van der Waals surface area contributed by atoms with Crippen molar-refractivity contribution in [2.75, 3.05) is 17.3 Å². The highest BCUT2D eigenvalue weighted by molar-refractivity contribution is 6.52. The third-order valence-electron chi connectivity index (χ3n) is 4.54. The molecular formula is C16H19ClN2O2. The van der Waals surface area contributed by atoms with E-state index >= 15 is 0 Å². The fourth-order valence-electron chi connectivity index (χ4n) is 3.27. The Kier molecular flexibility index (Phi) is 3.89. The number of hydrogen-bond donors (Lipinski definition) is 1. The molecule has 0 saturated heterocycles. The molecule has 0 bridgehead atoms. The number of fused-ring (bicyclic) bond motifs is 1. The molecule has 5 heteroatoms. The largest absolute Gasteiger partial charge is 0.370 e. The Morgan fingerprint density at radius 2 is 1.81 bits per heavy atom. The van der Waals surface area contributed by atoms with Crippen molar-refractivity contribution in [3.8, 4) is 0 Å². The molecule has 0 atom stereocenters. The van der Waals surface area contributed by atoms with Gasteiger partial charge in [0.25, 0.3) is 11.7 Å². The molecule has 1 amide bonds. The van der Waals surface area contributed by atoms with Crippen LogP contribution in [0.5, 0.6) is 0 Å². The number of benzene rings is 1. The summed E-state index contributed by atoms with van der Waals surface area (Å²) >= 11 is 6.34. The van der Waals surface area contributed by atoms with E-state index in [0.717, 1.165) is 18.5 Å². The van der Waals surface area contributed by atoms with Crippen molar-refractivity contribution in [1.29, 1.82) is 0 Å². The topological polar surface area (TPSA) is 49.4 Å². The normalized spacial score (nSPS) is 19.1. The number of ketones is 1. The Morgan fingerprint density at radius 3 is 2.48 bits per heavy atom. The average Bonchev–Trinajstić information content (AvgIpc) is 2.68. The number of nitrogens with zero attached hydrogens (tertiary/aromatic N) is 1. The van der Waals surface area contributed by atoms with Gasteiger partial charge in [-0.2, -0.15) is 0 Å². The van der Waals surface area contributed by atoms with Crippen LogP contribution in [0.2, 0.25) is 5.02 Å². The van der Waals surface area contributed by atoms with Crippen LogP contribution in [-0.4, -0.2) is 24.8 Å². The van der Waals surface area contributed by atoms with Gasteiger partial charge in [0.1, 0.15) is 0 Å². The zero-order valence-corrected chi connectivity index (χ0v) is 12.9. The first kappa shape index (κ1) is 14.4. The van der Waals surface area contributed by atoms with E-state index in [1.54, 1.807) is 6.07 Å². The standard InChI is InChI=1S/C16H19ClN2O2/c1-19(10-6-4-2-3-5-7-10)14-9-13-11(8-12(14)17)15(20)16(21)18-13/h8-10H,2-7H2,1H3,(H,18,20,21). The number of amides is 1. The first-order valence-electron chi connectivity index (χ1n) is 7.50. The Morgan fingerprint density at radius 1 is 1.14 bits per heavy atom. The number of hydrogen-bond acceptors (Lipinski definition) is 3. The quantitative estimate of drug-likeness (QED) is 0.670. The summed E-state index contributed by atoms with van der Waals surface area (Å²) in [6.45, 7) is 0. The van der Waals surface area contributed by atoms with Crippen molar-refractivity contribution in [1.82, 2.24) is 0 Å². The van der Waals surface area contributed by atoms with Crippen LogP contribution in [0.3, 0.4) is 0 Å².